The van der Waals surface area contributed by atoms with E-state index in [1.54, 1.807) is 0 Å². The van der Waals surface area contributed by atoms with E-state index in [2.05, 4.69) is 22.0 Å². The zero-order valence-electron chi connectivity index (χ0n) is 7.08. The highest BCUT2D eigenvalue weighted by Crippen LogP contribution is 2.25. The molecule has 2 rings (SSSR count). The van der Waals surface area contributed by atoms with Gasteiger partial charge in [0.15, 0.2) is 0 Å². The molecule has 13 heavy (non-hydrogen) atoms. The third-order valence-electron chi connectivity index (χ3n) is 2.15. The number of aromatic nitrogens is 1. The van der Waals surface area contributed by atoms with Crippen LogP contribution in [-0.2, 0) is 7.05 Å². The van der Waals surface area contributed by atoms with Crippen LogP contribution >= 0.6 is 15.9 Å². The van der Waals surface area contributed by atoms with Crippen molar-refractivity contribution in [2.24, 2.45) is 7.05 Å². The molecular formula is C10H7BrN2. The van der Waals surface area contributed by atoms with Gasteiger partial charge in [0.05, 0.1) is 0 Å². The number of hydrogen-bond donors (Lipinski definition) is 0. The van der Waals surface area contributed by atoms with Gasteiger partial charge in [-0.2, -0.15) is 5.26 Å². The minimum Gasteiger partial charge on any atom is -0.335 e. The van der Waals surface area contributed by atoms with Crippen molar-refractivity contribution in [3.05, 3.63) is 34.4 Å². The molecular weight excluding hydrogens is 228 g/mol. The molecule has 0 aliphatic rings. The molecule has 1 heterocycles. The third kappa shape index (κ3) is 1.14. The second-order valence-corrected chi connectivity index (χ2v) is 3.73. The maximum atomic E-state index is 8.82. The minimum absolute atomic E-state index is 0.682. The standard InChI is InChI=1S/C10H7BrN2/c1-13-7(6-12)5-8-9(11)3-2-4-10(8)13/h2-5H,1H3. The minimum atomic E-state index is 0.682. The van der Waals surface area contributed by atoms with Crippen molar-refractivity contribution in [3.63, 3.8) is 0 Å². The number of nitrogens with zero attached hydrogens (tertiary/aromatic N) is 2. The number of hydrogen-bond acceptors (Lipinski definition) is 1. The molecule has 2 nitrogen and oxygen atoms in total. The predicted molar refractivity (Wildman–Crippen MR) is 55.3 cm³/mol. The van der Waals surface area contributed by atoms with Gasteiger partial charge in [0.2, 0.25) is 0 Å². The average molecular weight is 235 g/mol. The van der Waals surface area contributed by atoms with Crippen LogP contribution in [0.4, 0.5) is 0 Å². The first-order chi connectivity index (χ1) is 6.24. The highest BCUT2D eigenvalue weighted by Gasteiger charge is 2.06. The van der Waals surface area contributed by atoms with Crippen LogP contribution < -0.4 is 0 Å². The maximum Gasteiger partial charge on any atom is 0.121 e. The predicted octanol–water partition coefficient (Wildman–Crippen LogP) is 2.81. The van der Waals surface area contributed by atoms with E-state index < -0.39 is 0 Å². The largest absolute Gasteiger partial charge is 0.335 e. The average Bonchev–Trinajstić information content (AvgIpc) is 2.45. The Bertz CT molecular complexity index is 505. The van der Waals surface area contributed by atoms with Gasteiger partial charge < -0.3 is 4.57 Å². The zero-order valence-corrected chi connectivity index (χ0v) is 8.67. The maximum absolute atomic E-state index is 8.82. The second-order valence-electron chi connectivity index (χ2n) is 2.87. The summed E-state index contributed by atoms with van der Waals surface area (Å²) in [5, 5.41) is 9.91. The van der Waals surface area contributed by atoms with Crippen LogP contribution in [0.25, 0.3) is 10.9 Å². The normalized spacial score (nSPS) is 10.2. The van der Waals surface area contributed by atoms with Gasteiger partial charge in [-0.1, -0.05) is 22.0 Å². The summed E-state index contributed by atoms with van der Waals surface area (Å²) in [6, 6.07) is 9.98. The van der Waals surface area contributed by atoms with Gasteiger partial charge in [-0.05, 0) is 18.2 Å². The summed E-state index contributed by atoms with van der Waals surface area (Å²) in [5.74, 6) is 0. The van der Waals surface area contributed by atoms with E-state index in [0.29, 0.717) is 5.69 Å². The molecule has 0 radical (unpaired) electrons. The van der Waals surface area contributed by atoms with Crippen molar-refractivity contribution in [2.45, 2.75) is 0 Å². The molecule has 64 valence electrons. The van der Waals surface area contributed by atoms with E-state index in [4.69, 9.17) is 5.26 Å². The van der Waals surface area contributed by atoms with Crippen LogP contribution in [0.1, 0.15) is 5.69 Å². The highest BCUT2D eigenvalue weighted by atomic mass is 79.9. The van der Waals surface area contributed by atoms with Crippen molar-refractivity contribution in [1.82, 2.24) is 4.57 Å². The van der Waals surface area contributed by atoms with E-state index in [-0.39, 0.29) is 0 Å². The molecule has 2 aromatic rings. The van der Waals surface area contributed by atoms with Crippen LogP contribution in [0, 0.1) is 11.3 Å². The van der Waals surface area contributed by atoms with Crippen LogP contribution in [0.3, 0.4) is 0 Å². The molecule has 0 amide bonds. The summed E-state index contributed by atoms with van der Waals surface area (Å²) in [6.45, 7) is 0. The van der Waals surface area contributed by atoms with Gasteiger partial charge in [-0.25, -0.2) is 0 Å². The van der Waals surface area contributed by atoms with E-state index >= 15 is 0 Å². The monoisotopic (exact) mass is 234 g/mol. The summed E-state index contributed by atoms with van der Waals surface area (Å²) < 4.78 is 2.92. The quantitative estimate of drug-likeness (QED) is 0.690. The van der Waals surface area contributed by atoms with Crippen molar-refractivity contribution in [1.29, 1.82) is 5.26 Å². The van der Waals surface area contributed by atoms with Crippen LogP contribution in [-0.4, -0.2) is 4.57 Å². The zero-order chi connectivity index (χ0) is 9.42. The molecule has 3 heteroatoms. The first-order valence-corrected chi connectivity index (χ1v) is 4.67. The van der Waals surface area contributed by atoms with E-state index in [0.717, 1.165) is 15.4 Å². The van der Waals surface area contributed by atoms with Gasteiger partial charge in [0.1, 0.15) is 11.8 Å². The second kappa shape index (κ2) is 2.90. The molecule has 0 bridgehead atoms. The number of fused-ring (bicyclic) bond motifs is 1. The fourth-order valence-electron chi connectivity index (χ4n) is 1.43. The topological polar surface area (TPSA) is 28.7 Å². The Morgan fingerprint density at radius 2 is 2.23 bits per heavy atom. The molecule has 0 atom stereocenters. The molecule has 0 fully saturated rings. The fraction of sp³-hybridized carbons (Fsp3) is 0.100. The third-order valence-corrected chi connectivity index (χ3v) is 2.84. The lowest BCUT2D eigenvalue weighted by molar-refractivity contribution is 0.947. The van der Waals surface area contributed by atoms with Crippen molar-refractivity contribution in [3.8, 4) is 6.07 Å². The van der Waals surface area contributed by atoms with Gasteiger partial charge in [-0.15, -0.1) is 0 Å². The number of rotatable bonds is 0. The Morgan fingerprint density at radius 1 is 1.46 bits per heavy atom. The molecule has 0 aliphatic carbocycles. The summed E-state index contributed by atoms with van der Waals surface area (Å²) in [5.41, 5.74) is 1.76. The van der Waals surface area contributed by atoms with Gasteiger partial charge >= 0.3 is 0 Å². The lowest BCUT2D eigenvalue weighted by Gasteiger charge is -1.96. The lowest BCUT2D eigenvalue weighted by atomic mass is 10.2. The Labute approximate surface area is 84.5 Å². The van der Waals surface area contributed by atoms with Gasteiger partial charge in [0, 0.05) is 22.4 Å². The lowest BCUT2D eigenvalue weighted by Crippen LogP contribution is -1.89. The first kappa shape index (κ1) is 8.33. The van der Waals surface area contributed by atoms with Crippen LogP contribution in [0.15, 0.2) is 28.7 Å². The van der Waals surface area contributed by atoms with E-state index in [1.165, 1.54) is 0 Å². The van der Waals surface area contributed by atoms with E-state index in [1.807, 2.05) is 35.9 Å². The van der Waals surface area contributed by atoms with Gasteiger partial charge in [0.25, 0.3) is 0 Å². The van der Waals surface area contributed by atoms with E-state index in [9.17, 15) is 0 Å². The first-order valence-electron chi connectivity index (χ1n) is 3.88. The number of halogens is 1. The Hall–Kier alpha value is -1.27. The number of aryl methyl sites for hydroxylation is 1. The van der Waals surface area contributed by atoms with Crippen molar-refractivity contribution in [2.75, 3.05) is 0 Å². The molecule has 1 aromatic heterocycles. The summed E-state index contributed by atoms with van der Waals surface area (Å²) >= 11 is 3.45. The van der Waals surface area contributed by atoms with Crippen LogP contribution in [0.2, 0.25) is 0 Å². The molecule has 0 N–H and O–H groups in total. The summed E-state index contributed by atoms with van der Waals surface area (Å²) in [7, 11) is 1.90. The molecule has 0 aliphatic heterocycles. The summed E-state index contributed by atoms with van der Waals surface area (Å²) in [6.07, 6.45) is 0. The molecule has 0 saturated heterocycles. The summed E-state index contributed by atoms with van der Waals surface area (Å²) in [4.78, 5) is 0. The highest BCUT2D eigenvalue weighted by molar-refractivity contribution is 9.10. The SMILES string of the molecule is Cn1c(C#N)cc2c(Br)cccc21. The van der Waals surface area contributed by atoms with Crippen molar-refractivity contribution < 1.29 is 0 Å². The van der Waals surface area contributed by atoms with Crippen molar-refractivity contribution >= 4 is 26.8 Å². The van der Waals surface area contributed by atoms with Crippen LogP contribution in [0.5, 0.6) is 0 Å². The Morgan fingerprint density at radius 3 is 2.85 bits per heavy atom. The van der Waals surface area contributed by atoms with Gasteiger partial charge in [-0.3, -0.25) is 0 Å². The molecule has 0 saturated carbocycles. The fourth-order valence-corrected chi connectivity index (χ4v) is 1.90. The molecule has 0 spiro atoms. The Kier molecular flexibility index (Phi) is 1.86. The molecule has 1 aromatic carbocycles. The number of benzene rings is 1. The Balaban J connectivity index is 2.94. The smallest absolute Gasteiger partial charge is 0.121 e. The number of nitriles is 1. The molecule has 0 unspecified atom stereocenters.